The SMILES string of the molecule is CCOS(=O)(=O)C[C@@H](C)C(C)C. The van der Waals surface area contributed by atoms with Gasteiger partial charge in [0.2, 0.25) is 0 Å². The summed E-state index contributed by atoms with van der Waals surface area (Å²) in [5, 5.41) is 0. The van der Waals surface area contributed by atoms with Gasteiger partial charge in [-0.3, -0.25) is 4.18 Å². The summed E-state index contributed by atoms with van der Waals surface area (Å²) in [5.41, 5.74) is 0. The van der Waals surface area contributed by atoms with Crippen LogP contribution in [0.3, 0.4) is 0 Å². The van der Waals surface area contributed by atoms with Crippen LogP contribution in [0.4, 0.5) is 0 Å². The minimum absolute atomic E-state index is 0.124. The van der Waals surface area contributed by atoms with Gasteiger partial charge in [-0.05, 0) is 18.8 Å². The fraction of sp³-hybridized carbons (Fsp3) is 1.00. The Bertz CT molecular complexity index is 206. The molecule has 0 aliphatic carbocycles. The molecule has 0 N–H and O–H groups in total. The molecule has 3 nitrogen and oxygen atoms in total. The van der Waals surface area contributed by atoms with Gasteiger partial charge >= 0.3 is 0 Å². The van der Waals surface area contributed by atoms with Crippen LogP contribution < -0.4 is 0 Å². The summed E-state index contributed by atoms with van der Waals surface area (Å²) in [7, 11) is -3.28. The standard InChI is InChI=1S/C8H18O3S/c1-5-11-12(9,10)6-8(4)7(2)3/h7-8H,5-6H2,1-4H3/t8-/m1/s1. The van der Waals surface area contributed by atoms with Crippen LogP contribution in [0.2, 0.25) is 0 Å². The number of rotatable bonds is 5. The van der Waals surface area contributed by atoms with Crippen LogP contribution >= 0.6 is 0 Å². The molecule has 12 heavy (non-hydrogen) atoms. The Morgan fingerprint density at radius 2 is 1.75 bits per heavy atom. The summed E-state index contributed by atoms with van der Waals surface area (Å²) >= 11 is 0. The second kappa shape index (κ2) is 4.82. The molecule has 0 aromatic heterocycles. The van der Waals surface area contributed by atoms with E-state index < -0.39 is 10.1 Å². The maximum atomic E-state index is 11.1. The lowest BCUT2D eigenvalue weighted by molar-refractivity contribution is 0.327. The largest absolute Gasteiger partial charge is 0.270 e. The Morgan fingerprint density at radius 3 is 2.08 bits per heavy atom. The second-order valence-corrected chi connectivity index (χ2v) is 5.04. The Kier molecular flexibility index (Phi) is 4.78. The third-order valence-corrected chi connectivity index (χ3v) is 3.43. The van der Waals surface area contributed by atoms with E-state index in [4.69, 9.17) is 0 Å². The molecule has 0 saturated carbocycles. The van der Waals surface area contributed by atoms with Crippen molar-refractivity contribution < 1.29 is 12.6 Å². The summed E-state index contributed by atoms with van der Waals surface area (Å²) < 4.78 is 26.9. The van der Waals surface area contributed by atoms with E-state index in [1.165, 1.54) is 0 Å². The first-order valence-electron chi connectivity index (χ1n) is 4.26. The average molecular weight is 194 g/mol. The summed E-state index contributed by atoms with van der Waals surface area (Å²) in [6.07, 6.45) is 0. The molecule has 0 heterocycles. The molecular weight excluding hydrogens is 176 g/mol. The molecule has 74 valence electrons. The van der Waals surface area contributed by atoms with Crippen molar-refractivity contribution in [3.05, 3.63) is 0 Å². The Morgan fingerprint density at radius 1 is 1.25 bits per heavy atom. The van der Waals surface area contributed by atoms with Crippen LogP contribution in [-0.4, -0.2) is 20.8 Å². The minimum Gasteiger partial charge on any atom is -0.270 e. The van der Waals surface area contributed by atoms with Gasteiger partial charge in [0.15, 0.2) is 0 Å². The van der Waals surface area contributed by atoms with E-state index in [0.717, 1.165) is 0 Å². The predicted octanol–water partition coefficient (Wildman–Crippen LogP) is 1.64. The smallest absolute Gasteiger partial charge is 0.267 e. The zero-order valence-electron chi connectivity index (χ0n) is 8.20. The molecule has 0 aliphatic rings. The molecule has 0 saturated heterocycles. The van der Waals surface area contributed by atoms with Gasteiger partial charge in [-0.25, -0.2) is 0 Å². The van der Waals surface area contributed by atoms with E-state index in [0.29, 0.717) is 5.92 Å². The topological polar surface area (TPSA) is 43.4 Å². The van der Waals surface area contributed by atoms with Crippen molar-refractivity contribution in [2.75, 3.05) is 12.4 Å². The van der Waals surface area contributed by atoms with E-state index >= 15 is 0 Å². The van der Waals surface area contributed by atoms with Crippen molar-refractivity contribution in [1.29, 1.82) is 0 Å². The molecule has 0 fully saturated rings. The predicted molar refractivity (Wildman–Crippen MR) is 49.4 cm³/mol. The zero-order chi connectivity index (χ0) is 9.78. The summed E-state index contributed by atoms with van der Waals surface area (Å²) in [4.78, 5) is 0. The van der Waals surface area contributed by atoms with E-state index in [9.17, 15) is 8.42 Å². The molecule has 0 radical (unpaired) electrons. The molecule has 0 aliphatic heterocycles. The van der Waals surface area contributed by atoms with Crippen molar-refractivity contribution in [1.82, 2.24) is 0 Å². The fourth-order valence-electron chi connectivity index (χ4n) is 0.742. The quantitative estimate of drug-likeness (QED) is 0.625. The highest BCUT2D eigenvalue weighted by Gasteiger charge is 2.17. The molecular formula is C8H18O3S. The molecule has 0 bridgehead atoms. The normalized spacial score (nSPS) is 15.1. The first-order valence-corrected chi connectivity index (χ1v) is 5.84. The molecule has 1 atom stereocenters. The zero-order valence-corrected chi connectivity index (χ0v) is 9.02. The lowest BCUT2D eigenvalue weighted by Gasteiger charge is -2.14. The molecule has 0 unspecified atom stereocenters. The molecule has 0 aromatic carbocycles. The van der Waals surface area contributed by atoms with Crippen molar-refractivity contribution in [3.8, 4) is 0 Å². The summed E-state index contributed by atoms with van der Waals surface area (Å²) in [6, 6.07) is 0. The van der Waals surface area contributed by atoms with E-state index in [1.807, 2.05) is 20.8 Å². The highest BCUT2D eigenvalue weighted by Crippen LogP contribution is 2.12. The van der Waals surface area contributed by atoms with Crippen LogP contribution in [0.15, 0.2) is 0 Å². The highest BCUT2D eigenvalue weighted by atomic mass is 32.2. The van der Waals surface area contributed by atoms with Gasteiger partial charge in [-0.15, -0.1) is 0 Å². The van der Waals surface area contributed by atoms with Gasteiger partial charge < -0.3 is 0 Å². The third-order valence-electron chi connectivity index (χ3n) is 1.90. The molecule has 0 amide bonds. The van der Waals surface area contributed by atoms with Crippen LogP contribution in [0.1, 0.15) is 27.7 Å². The Hall–Kier alpha value is -0.0900. The van der Waals surface area contributed by atoms with E-state index in [2.05, 4.69) is 4.18 Å². The fourth-order valence-corrected chi connectivity index (χ4v) is 2.23. The van der Waals surface area contributed by atoms with Crippen molar-refractivity contribution in [2.45, 2.75) is 27.7 Å². The lowest BCUT2D eigenvalue weighted by Crippen LogP contribution is -2.19. The average Bonchev–Trinajstić information content (AvgIpc) is 1.85. The van der Waals surface area contributed by atoms with Crippen molar-refractivity contribution in [3.63, 3.8) is 0 Å². The molecule has 4 heteroatoms. The number of hydrogen-bond donors (Lipinski definition) is 0. The molecule has 0 spiro atoms. The highest BCUT2D eigenvalue weighted by molar-refractivity contribution is 7.86. The van der Waals surface area contributed by atoms with E-state index in [1.54, 1.807) is 6.92 Å². The Labute approximate surface area is 75.2 Å². The lowest BCUT2D eigenvalue weighted by atomic mass is 10.0. The third kappa shape index (κ3) is 4.72. The van der Waals surface area contributed by atoms with E-state index in [-0.39, 0.29) is 18.3 Å². The first kappa shape index (κ1) is 11.9. The van der Waals surface area contributed by atoms with Crippen molar-refractivity contribution in [2.24, 2.45) is 11.8 Å². The number of hydrogen-bond acceptors (Lipinski definition) is 3. The summed E-state index contributed by atoms with van der Waals surface area (Å²) in [5.74, 6) is 0.653. The Balaban J connectivity index is 4.07. The minimum atomic E-state index is -3.28. The second-order valence-electron chi connectivity index (χ2n) is 3.35. The van der Waals surface area contributed by atoms with Crippen molar-refractivity contribution >= 4 is 10.1 Å². The molecule has 0 aromatic rings. The van der Waals surface area contributed by atoms with Gasteiger partial charge in [-0.2, -0.15) is 8.42 Å². The van der Waals surface area contributed by atoms with Crippen LogP contribution in [-0.2, 0) is 14.3 Å². The maximum Gasteiger partial charge on any atom is 0.267 e. The van der Waals surface area contributed by atoms with Gasteiger partial charge in [0.1, 0.15) is 0 Å². The van der Waals surface area contributed by atoms with Gasteiger partial charge in [0.05, 0.1) is 12.4 Å². The van der Waals surface area contributed by atoms with Crippen LogP contribution in [0.5, 0.6) is 0 Å². The molecule has 0 rings (SSSR count). The summed E-state index contributed by atoms with van der Waals surface area (Å²) in [6.45, 7) is 7.84. The van der Waals surface area contributed by atoms with Crippen LogP contribution in [0.25, 0.3) is 0 Å². The van der Waals surface area contributed by atoms with Crippen LogP contribution in [0, 0.1) is 11.8 Å². The first-order chi connectivity index (χ1) is 5.39. The van der Waals surface area contributed by atoms with Gasteiger partial charge in [0.25, 0.3) is 10.1 Å². The van der Waals surface area contributed by atoms with Gasteiger partial charge in [0, 0.05) is 0 Å². The maximum absolute atomic E-state index is 11.1. The monoisotopic (exact) mass is 194 g/mol. The van der Waals surface area contributed by atoms with Gasteiger partial charge in [-0.1, -0.05) is 20.8 Å².